The molecule has 1 aromatic carbocycles. The number of halogens is 1. The summed E-state index contributed by atoms with van der Waals surface area (Å²) in [5.74, 6) is 0.864. The summed E-state index contributed by atoms with van der Waals surface area (Å²) in [5, 5.41) is 12.8. The lowest BCUT2D eigenvalue weighted by Crippen LogP contribution is -2.47. The van der Waals surface area contributed by atoms with Gasteiger partial charge in [0, 0.05) is 42.3 Å². The highest BCUT2D eigenvalue weighted by Gasteiger charge is 2.40. The van der Waals surface area contributed by atoms with Crippen LogP contribution < -0.4 is 10.2 Å². The Labute approximate surface area is 233 Å². The van der Waals surface area contributed by atoms with E-state index in [1.54, 1.807) is 6.07 Å². The maximum absolute atomic E-state index is 14.8. The molecule has 1 N–H and O–H groups in total. The van der Waals surface area contributed by atoms with Crippen LogP contribution in [0.1, 0.15) is 83.0 Å². The van der Waals surface area contributed by atoms with Crippen LogP contribution in [0.3, 0.4) is 0 Å². The van der Waals surface area contributed by atoms with Crippen molar-refractivity contribution in [2.24, 2.45) is 11.3 Å². The Morgan fingerprint density at radius 1 is 1.18 bits per heavy atom. The summed E-state index contributed by atoms with van der Waals surface area (Å²) in [7, 11) is 0. The lowest BCUT2D eigenvalue weighted by molar-refractivity contribution is 0.193. The van der Waals surface area contributed by atoms with Crippen molar-refractivity contribution in [1.29, 1.82) is 0 Å². The normalized spacial score (nSPS) is 24.7. The summed E-state index contributed by atoms with van der Waals surface area (Å²) < 4.78 is 16.8. The number of allylic oxidation sites excluding steroid dienone is 1. The standard InChI is InChI=1S/C32H45FN6/c1-20-11-14-26(33)30(16-20)37-15-9-10-27(23(37)4)34-22(3)29-17-21(2)18-38(29)24(5)31(32(6,7)8)39-19-28(35-36-39)25-12-13-25/h11,14,16,19,21,25,27,29,31,34H,3-5,9-10,12-13,15,17-18H2,1-2,6-8H3/t21?,27?,29-,31+/m0/s1. The van der Waals surface area contributed by atoms with Crippen LogP contribution in [-0.4, -0.2) is 45.1 Å². The van der Waals surface area contributed by atoms with E-state index in [1.165, 1.54) is 12.8 Å². The van der Waals surface area contributed by atoms with Crippen molar-refractivity contribution in [3.8, 4) is 0 Å². The first-order chi connectivity index (χ1) is 18.4. The van der Waals surface area contributed by atoms with Gasteiger partial charge in [0.15, 0.2) is 0 Å². The molecule has 6 nitrogen and oxygen atoms in total. The third-order valence-electron chi connectivity index (χ3n) is 8.58. The smallest absolute Gasteiger partial charge is 0.146 e. The fourth-order valence-corrected chi connectivity index (χ4v) is 6.41. The minimum atomic E-state index is -0.209. The third kappa shape index (κ3) is 5.64. The van der Waals surface area contributed by atoms with Crippen LogP contribution in [0.15, 0.2) is 61.2 Å². The van der Waals surface area contributed by atoms with Crippen LogP contribution in [-0.2, 0) is 0 Å². The van der Waals surface area contributed by atoms with Gasteiger partial charge in [-0.1, -0.05) is 58.7 Å². The maximum Gasteiger partial charge on any atom is 0.146 e. The minimum Gasteiger partial charge on any atom is -0.379 e. The van der Waals surface area contributed by atoms with Crippen molar-refractivity contribution in [3.05, 3.63) is 78.3 Å². The van der Waals surface area contributed by atoms with Crippen LogP contribution >= 0.6 is 0 Å². The van der Waals surface area contributed by atoms with E-state index in [0.29, 0.717) is 17.5 Å². The molecule has 0 bridgehead atoms. The zero-order valence-corrected chi connectivity index (χ0v) is 24.4. The molecule has 0 amide bonds. The number of hydrogen-bond acceptors (Lipinski definition) is 5. The second-order valence-corrected chi connectivity index (χ2v) is 13.1. The average Bonchev–Trinajstić information content (AvgIpc) is 3.48. The number of rotatable bonds is 8. The number of likely N-dealkylation sites (tertiary alicyclic amines) is 1. The fraction of sp³-hybridized carbons (Fsp3) is 0.562. The Morgan fingerprint density at radius 3 is 2.62 bits per heavy atom. The number of hydrogen-bond donors (Lipinski definition) is 1. The molecule has 0 spiro atoms. The van der Waals surface area contributed by atoms with Crippen molar-refractivity contribution >= 4 is 5.69 Å². The van der Waals surface area contributed by atoms with Gasteiger partial charge in [0.2, 0.25) is 0 Å². The predicted octanol–water partition coefficient (Wildman–Crippen LogP) is 6.70. The van der Waals surface area contributed by atoms with Crippen LogP contribution in [0.2, 0.25) is 0 Å². The molecule has 1 aliphatic carbocycles. The molecule has 0 radical (unpaired) electrons. The number of nitrogens with zero attached hydrogens (tertiary/aromatic N) is 5. The summed E-state index contributed by atoms with van der Waals surface area (Å²) in [4.78, 5) is 4.46. The molecule has 7 heteroatoms. The largest absolute Gasteiger partial charge is 0.379 e. The van der Waals surface area contributed by atoms with Crippen LogP contribution in [0.5, 0.6) is 0 Å². The minimum absolute atomic E-state index is 0.00649. The molecule has 2 unspecified atom stereocenters. The van der Waals surface area contributed by atoms with Gasteiger partial charge in [0.1, 0.15) is 5.82 Å². The molecule has 2 saturated heterocycles. The highest BCUT2D eigenvalue weighted by Crippen LogP contribution is 2.43. The van der Waals surface area contributed by atoms with Crippen LogP contribution in [0.25, 0.3) is 0 Å². The molecular formula is C32H45FN6. The van der Waals surface area contributed by atoms with Gasteiger partial charge in [-0.25, -0.2) is 9.07 Å². The third-order valence-corrected chi connectivity index (χ3v) is 8.58. The summed E-state index contributed by atoms with van der Waals surface area (Å²) in [6, 6.07) is 5.37. The van der Waals surface area contributed by atoms with Gasteiger partial charge in [0.25, 0.3) is 0 Å². The number of aryl methyl sites for hydroxylation is 1. The molecule has 2 aromatic rings. The number of aromatic nitrogens is 3. The highest BCUT2D eigenvalue weighted by molar-refractivity contribution is 5.56. The van der Waals surface area contributed by atoms with E-state index in [9.17, 15) is 4.39 Å². The molecule has 210 valence electrons. The van der Waals surface area contributed by atoms with E-state index in [1.807, 2.05) is 28.6 Å². The summed E-state index contributed by atoms with van der Waals surface area (Å²) in [5.41, 5.74) is 5.57. The second-order valence-electron chi connectivity index (χ2n) is 13.1. The van der Waals surface area contributed by atoms with Crippen LogP contribution in [0.4, 0.5) is 10.1 Å². The molecule has 1 saturated carbocycles. The van der Waals surface area contributed by atoms with Crippen molar-refractivity contribution in [3.63, 3.8) is 0 Å². The Hall–Kier alpha value is -3.09. The first kappa shape index (κ1) is 27.5. The lowest BCUT2D eigenvalue weighted by Gasteiger charge is -2.41. The SMILES string of the molecule is C=C(NC1CCCN(c2cc(C)ccc2F)C1=C)[C@@H]1CC(C)CN1C(=C)[C@@H](n1cc(C2CC2)nn1)C(C)(C)C. The van der Waals surface area contributed by atoms with Gasteiger partial charge in [0.05, 0.1) is 29.5 Å². The Kier molecular flexibility index (Phi) is 7.38. The van der Waals surface area contributed by atoms with Gasteiger partial charge in [-0.3, -0.25) is 0 Å². The van der Waals surface area contributed by atoms with Crippen molar-refractivity contribution in [1.82, 2.24) is 25.2 Å². The van der Waals surface area contributed by atoms with Gasteiger partial charge in [-0.2, -0.15) is 0 Å². The molecular weight excluding hydrogens is 487 g/mol. The maximum atomic E-state index is 14.8. The first-order valence-electron chi connectivity index (χ1n) is 14.5. The zero-order chi connectivity index (χ0) is 28.1. The van der Waals surface area contributed by atoms with Gasteiger partial charge < -0.3 is 15.1 Å². The van der Waals surface area contributed by atoms with E-state index in [2.05, 4.69) is 74.2 Å². The van der Waals surface area contributed by atoms with E-state index in [4.69, 9.17) is 0 Å². The average molecular weight is 533 g/mol. The highest BCUT2D eigenvalue weighted by atomic mass is 19.1. The topological polar surface area (TPSA) is 49.2 Å². The summed E-state index contributed by atoms with van der Waals surface area (Å²) in [6.07, 6.45) is 7.44. The lowest BCUT2D eigenvalue weighted by atomic mass is 9.84. The number of piperidine rings is 1. The Morgan fingerprint density at radius 2 is 1.92 bits per heavy atom. The number of benzene rings is 1. The van der Waals surface area contributed by atoms with Gasteiger partial charge >= 0.3 is 0 Å². The van der Waals surface area contributed by atoms with Crippen LogP contribution in [0, 0.1) is 24.1 Å². The van der Waals surface area contributed by atoms with E-state index in [0.717, 1.165) is 60.7 Å². The molecule has 3 heterocycles. The number of nitrogens with one attached hydrogen (secondary N) is 1. The van der Waals surface area contributed by atoms with E-state index >= 15 is 0 Å². The second kappa shape index (κ2) is 10.5. The molecule has 3 aliphatic rings. The van der Waals surface area contributed by atoms with E-state index in [-0.39, 0.29) is 29.4 Å². The molecule has 3 fully saturated rings. The fourth-order valence-electron chi connectivity index (χ4n) is 6.41. The number of anilines is 1. The monoisotopic (exact) mass is 532 g/mol. The van der Waals surface area contributed by atoms with E-state index < -0.39 is 0 Å². The quantitative estimate of drug-likeness (QED) is 0.410. The molecule has 39 heavy (non-hydrogen) atoms. The molecule has 2 aliphatic heterocycles. The van der Waals surface area contributed by atoms with Gasteiger partial charge in [-0.05, 0) is 68.1 Å². The van der Waals surface area contributed by atoms with Crippen molar-refractivity contribution in [2.75, 3.05) is 18.0 Å². The Bertz CT molecular complexity index is 1250. The molecule has 4 atom stereocenters. The summed E-state index contributed by atoms with van der Waals surface area (Å²) in [6.45, 7) is 26.3. The van der Waals surface area contributed by atoms with Crippen molar-refractivity contribution in [2.45, 2.75) is 90.8 Å². The first-order valence-corrected chi connectivity index (χ1v) is 14.5. The van der Waals surface area contributed by atoms with Gasteiger partial charge in [-0.15, -0.1) is 5.10 Å². The molecule has 5 rings (SSSR count). The summed E-state index contributed by atoms with van der Waals surface area (Å²) >= 11 is 0. The zero-order valence-electron chi connectivity index (χ0n) is 24.4. The molecule has 1 aromatic heterocycles. The Balaban J connectivity index is 1.33. The van der Waals surface area contributed by atoms with Crippen molar-refractivity contribution < 1.29 is 4.39 Å². The predicted molar refractivity (Wildman–Crippen MR) is 157 cm³/mol.